The summed E-state index contributed by atoms with van der Waals surface area (Å²) in [6.07, 6.45) is 2.15. The highest BCUT2D eigenvalue weighted by atomic mass is 32.2. The highest BCUT2D eigenvalue weighted by Gasteiger charge is 2.26. The molecule has 1 heterocycles. The van der Waals surface area contributed by atoms with E-state index in [0.717, 1.165) is 24.2 Å². The van der Waals surface area contributed by atoms with E-state index in [4.69, 9.17) is 0 Å². The van der Waals surface area contributed by atoms with Crippen LogP contribution in [0, 0.1) is 12.7 Å². The Kier molecular flexibility index (Phi) is 3.82. The minimum atomic E-state index is -3.68. The van der Waals surface area contributed by atoms with Crippen LogP contribution >= 0.6 is 0 Å². The molecule has 22 heavy (non-hydrogen) atoms. The maximum absolute atomic E-state index is 13.1. The SMILES string of the molecule is Cc1cc(C2CC2)nc(NS(=O)(=O)Cc2cccc(F)c2)n1. The summed E-state index contributed by atoms with van der Waals surface area (Å²) in [5.74, 6) is -0.289. The van der Waals surface area contributed by atoms with Gasteiger partial charge in [0.25, 0.3) is 0 Å². The Morgan fingerprint density at radius 1 is 1.27 bits per heavy atom. The average Bonchev–Trinajstić information content (AvgIpc) is 3.20. The van der Waals surface area contributed by atoms with Gasteiger partial charge in [0.2, 0.25) is 16.0 Å². The summed E-state index contributed by atoms with van der Waals surface area (Å²) in [7, 11) is -3.68. The lowest BCUT2D eigenvalue weighted by atomic mass is 10.2. The summed E-state index contributed by atoms with van der Waals surface area (Å²) in [6.45, 7) is 1.80. The number of rotatable bonds is 5. The molecule has 0 radical (unpaired) electrons. The molecule has 5 nitrogen and oxygen atoms in total. The van der Waals surface area contributed by atoms with Crippen molar-refractivity contribution in [3.8, 4) is 0 Å². The number of nitrogens with one attached hydrogen (secondary N) is 1. The van der Waals surface area contributed by atoms with Gasteiger partial charge in [0.1, 0.15) is 5.82 Å². The van der Waals surface area contributed by atoms with Crippen LogP contribution in [0.15, 0.2) is 30.3 Å². The van der Waals surface area contributed by atoms with Gasteiger partial charge in [-0.05, 0) is 43.5 Å². The van der Waals surface area contributed by atoms with Gasteiger partial charge in [-0.25, -0.2) is 22.8 Å². The van der Waals surface area contributed by atoms with E-state index in [9.17, 15) is 12.8 Å². The molecule has 0 aliphatic heterocycles. The minimum Gasteiger partial charge on any atom is -0.251 e. The third-order valence-electron chi connectivity index (χ3n) is 3.36. The second kappa shape index (κ2) is 5.64. The normalized spacial score (nSPS) is 14.8. The van der Waals surface area contributed by atoms with Crippen molar-refractivity contribution in [2.75, 3.05) is 4.72 Å². The molecule has 0 unspecified atom stereocenters. The fourth-order valence-corrected chi connectivity index (χ4v) is 3.31. The molecule has 0 spiro atoms. The lowest BCUT2D eigenvalue weighted by molar-refractivity contribution is 0.599. The quantitative estimate of drug-likeness (QED) is 0.919. The lowest BCUT2D eigenvalue weighted by Crippen LogP contribution is -2.17. The zero-order valence-electron chi connectivity index (χ0n) is 12.1. The van der Waals surface area contributed by atoms with E-state index in [0.29, 0.717) is 11.5 Å². The molecule has 1 aliphatic rings. The summed E-state index contributed by atoms with van der Waals surface area (Å²) in [5.41, 5.74) is 1.97. The predicted octanol–water partition coefficient (Wildman–Crippen LogP) is 2.74. The first-order chi connectivity index (χ1) is 10.4. The van der Waals surface area contributed by atoms with Gasteiger partial charge in [-0.15, -0.1) is 0 Å². The van der Waals surface area contributed by atoms with E-state index in [1.165, 1.54) is 18.2 Å². The van der Waals surface area contributed by atoms with Crippen LogP contribution in [-0.4, -0.2) is 18.4 Å². The van der Waals surface area contributed by atoms with E-state index < -0.39 is 15.8 Å². The molecule has 3 rings (SSSR count). The zero-order chi connectivity index (χ0) is 15.7. The Balaban J connectivity index is 1.79. The molecule has 1 aromatic carbocycles. The van der Waals surface area contributed by atoms with Crippen molar-refractivity contribution < 1.29 is 12.8 Å². The van der Waals surface area contributed by atoms with Gasteiger partial charge in [0.15, 0.2) is 0 Å². The maximum atomic E-state index is 13.1. The van der Waals surface area contributed by atoms with Crippen LogP contribution in [0.2, 0.25) is 0 Å². The topological polar surface area (TPSA) is 72.0 Å². The van der Waals surface area contributed by atoms with Crippen molar-refractivity contribution in [2.24, 2.45) is 0 Å². The molecule has 1 N–H and O–H groups in total. The first-order valence-corrected chi connectivity index (χ1v) is 8.67. The molecule has 1 aliphatic carbocycles. The molecule has 0 bridgehead atoms. The molecular weight excluding hydrogens is 305 g/mol. The summed E-state index contributed by atoms with van der Waals surface area (Å²) >= 11 is 0. The molecule has 1 saturated carbocycles. The van der Waals surface area contributed by atoms with Crippen LogP contribution in [0.4, 0.5) is 10.3 Å². The van der Waals surface area contributed by atoms with E-state index in [1.807, 2.05) is 6.07 Å². The minimum absolute atomic E-state index is 0.0818. The number of anilines is 1. The number of benzene rings is 1. The summed E-state index contributed by atoms with van der Waals surface area (Å²) in [6, 6.07) is 7.40. The van der Waals surface area contributed by atoms with Gasteiger partial charge in [0, 0.05) is 17.3 Å². The number of sulfonamides is 1. The predicted molar refractivity (Wildman–Crippen MR) is 81.4 cm³/mol. The Hall–Kier alpha value is -2.02. The Bertz CT molecular complexity index is 804. The van der Waals surface area contributed by atoms with Crippen LogP contribution in [0.5, 0.6) is 0 Å². The van der Waals surface area contributed by atoms with Crippen LogP contribution < -0.4 is 4.72 Å². The molecular formula is C15H16FN3O2S. The molecule has 7 heteroatoms. The standard InChI is InChI=1S/C15H16FN3O2S/c1-10-7-14(12-5-6-12)18-15(17-10)19-22(20,21)9-11-3-2-4-13(16)8-11/h2-4,7-8,12H,5-6,9H2,1H3,(H,17,18,19). The Morgan fingerprint density at radius 2 is 2.05 bits per heavy atom. The van der Waals surface area contributed by atoms with Gasteiger partial charge < -0.3 is 0 Å². The molecule has 1 aromatic heterocycles. The number of aryl methyl sites for hydroxylation is 1. The summed E-state index contributed by atoms with van der Waals surface area (Å²) in [5, 5.41) is 0. The lowest BCUT2D eigenvalue weighted by Gasteiger charge is -2.09. The first kappa shape index (κ1) is 14.9. The fourth-order valence-electron chi connectivity index (χ4n) is 2.25. The van der Waals surface area contributed by atoms with E-state index >= 15 is 0 Å². The fraction of sp³-hybridized carbons (Fsp3) is 0.333. The van der Waals surface area contributed by atoms with Crippen LogP contribution in [0.3, 0.4) is 0 Å². The van der Waals surface area contributed by atoms with E-state index in [1.54, 1.807) is 13.0 Å². The van der Waals surface area contributed by atoms with Crippen LogP contribution in [0.25, 0.3) is 0 Å². The third-order valence-corrected chi connectivity index (χ3v) is 4.57. The molecule has 0 amide bonds. The molecule has 0 atom stereocenters. The zero-order valence-corrected chi connectivity index (χ0v) is 12.9. The van der Waals surface area contributed by atoms with Crippen molar-refractivity contribution in [1.29, 1.82) is 0 Å². The van der Waals surface area contributed by atoms with Crippen LogP contribution in [0.1, 0.15) is 35.7 Å². The summed E-state index contributed by atoms with van der Waals surface area (Å²) in [4.78, 5) is 8.38. The molecule has 0 saturated heterocycles. The van der Waals surface area contributed by atoms with Gasteiger partial charge in [-0.1, -0.05) is 12.1 Å². The van der Waals surface area contributed by atoms with Crippen molar-refractivity contribution in [3.05, 3.63) is 53.1 Å². The van der Waals surface area contributed by atoms with E-state index in [-0.39, 0.29) is 11.7 Å². The van der Waals surface area contributed by atoms with Crippen LogP contribution in [-0.2, 0) is 15.8 Å². The molecule has 2 aromatic rings. The number of halogens is 1. The van der Waals surface area contributed by atoms with E-state index in [2.05, 4.69) is 14.7 Å². The highest BCUT2D eigenvalue weighted by molar-refractivity contribution is 7.91. The van der Waals surface area contributed by atoms with Gasteiger partial charge in [0.05, 0.1) is 5.75 Å². The van der Waals surface area contributed by atoms with Gasteiger partial charge in [-0.3, -0.25) is 4.72 Å². The first-order valence-electron chi connectivity index (χ1n) is 7.02. The van der Waals surface area contributed by atoms with Crippen molar-refractivity contribution in [2.45, 2.75) is 31.4 Å². The average molecular weight is 321 g/mol. The number of aromatic nitrogens is 2. The van der Waals surface area contributed by atoms with Gasteiger partial charge >= 0.3 is 0 Å². The molecule has 116 valence electrons. The second-order valence-electron chi connectivity index (χ2n) is 5.52. The number of nitrogens with zero attached hydrogens (tertiary/aromatic N) is 2. The second-order valence-corrected chi connectivity index (χ2v) is 7.25. The Morgan fingerprint density at radius 3 is 2.73 bits per heavy atom. The van der Waals surface area contributed by atoms with Crippen molar-refractivity contribution >= 4 is 16.0 Å². The van der Waals surface area contributed by atoms with Crippen molar-refractivity contribution in [3.63, 3.8) is 0 Å². The monoisotopic (exact) mass is 321 g/mol. The smallest absolute Gasteiger partial charge is 0.239 e. The van der Waals surface area contributed by atoms with Crippen molar-refractivity contribution in [1.82, 2.24) is 9.97 Å². The third kappa shape index (κ3) is 3.79. The number of hydrogen-bond donors (Lipinski definition) is 1. The summed E-state index contributed by atoms with van der Waals surface area (Å²) < 4.78 is 39.9. The maximum Gasteiger partial charge on any atom is 0.239 e. The molecule has 1 fully saturated rings. The highest BCUT2D eigenvalue weighted by Crippen LogP contribution is 2.39. The Labute approximate surface area is 128 Å². The van der Waals surface area contributed by atoms with Gasteiger partial charge in [-0.2, -0.15) is 0 Å². The largest absolute Gasteiger partial charge is 0.251 e. The number of hydrogen-bond acceptors (Lipinski definition) is 4.